The Balaban J connectivity index is 1.46. The molecule has 152 valence electrons. The van der Waals surface area contributed by atoms with Gasteiger partial charge in [-0.1, -0.05) is 29.8 Å². The number of nitrogens with zero attached hydrogens (tertiary/aromatic N) is 2. The SMILES string of the molecule is O=C(CN1CCC(C(=O)Nc2ccccc2)CC1)Nc1ccc([N+](=O)[O-])cc1Cl. The second kappa shape index (κ2) is 9.49. The van der Waals surface area contributed by atoms with Crippen molar-refractivity contribution in [3.63, 3.8) is 0 Å². The molecule has 0 spiro atoms. The molecule has 0 atom stereocenters. The van der Waals surface area contributed by atoms with Gasteiger partial charge in [-0.2, -0.15) is 0 Å². The van der Waals surface area contributed by atoms with Gasteiger partial charge in [0.2, 0.25) is 11.8 Å². The van der Waals surface area contributed by atoms with Gasteiger partial charge in [0, 0.05) is 23.7 Å². The summed E-state index contributed by atoms with van der Waals surface area (Å²) in [6.07, 6.45) is 1.34. The smallest absolute Gasteiger partial charge is 0.271 e. The number of nitro benzene ring substituents is 1. The highest BCUT2D eigenvalue weighted by Crippen LogP contribution is 2.27. The zero-order chi connectivity index (χ0) is 20.8. The maximum absolute atomic E-state index is 12.4. The summed E-state index contributed by atoms with van der Waals surface area (Å²) in [5, 5.41) is 16.5. The molecule has 0 bridgehead atoms. The van der Waals surface area contributed by atoms with Gasteiger partial charge in [0.1, 0.15) is 0 Å². The molecule has 9 heteroatoms. The van der Waals surface area contributed by atoms with Crippen LogP contribution < -0.4 is 10.6 Å². The van der Waals surface area contributed by atoms with Crippen LogP contribution in [0.3, 0.4) is 0 Å². The Labute approximate surface area is 173 Å². The van der Waals surface area contributed by atoms with Crippen molar-refractivity contribution in [1.82, 2.24) is 4.90 Å². The summed E-state index contributed by atoms with van der Waals surface area (Å²) in [4.78, 5) is 36.8. The molecule has 2 aromatic carbocycles. The highest BCUT2D eigenvalue weighted by Gasteiger charge is 2.26. The van der Waals surface area contributed by atoms with Gasteiger partial charge in [-0.25, -0.2) is 0 Å². The molecule has 2 amide bonds. The second-order valence-electron chi connectivity index (χ2n) is 6.88. The van der Waals surface area contributed by atoms with E-state index in [0.717, 1.165) is 5.69 Å². The van der Waals surface area contributed by atoms with Gasteiger partial charge >= 0.3 is 0 Å². The van der Waals surface area contributed by atoms with Gasteiger partial charge < -0.3 is 10.6 Å². The minimum absolute atomic E-state index is 0.00189. The van der Waals surface area contributed by atoms with Crippen LogP contribution in [-0.2, 0) is 9.59 Å². The van der Waals surface area contributed by atoms with Gasteiger partial charge in [-0.15, -0.1) is 0 Å². The molecule has 1 heterocycles. The van der Waals surface area contributed by atoms with Gasteiger partial charge in [-0.05, 0) is 44.1 Å². The molecule has 1 fully saturated rings. The predicted octanol–water partition coefficient (Wildman–Crippen LogP) is 3.54. The number of piperidine rings is 1. The molecular formula is C20H21ClN4O4. The highest BCUT2D eigenvalue weighted by molar-refractivity contribution is 6.34. The minimum atomic E-state index is -0.546. The number of non-ortho nitro benzene ring substituents is 1. The first-order valence-electron chi connectivity index (χ1n) is 9.24. The Morgan fingerprint density at radius 1 is 1.10 bits per heavy atom. The van der Waals surface area contributed by atoms with Crippen molar-refractivity contribution < 1.29 is 14.5 Å². The number of nitro groups is 1. The molecule has 2 aromatic rings. The number of carbonyl (C=O) groups is 2. The van der Waals surface area contributed by atoms with E-state index in [1.165, 1.54) is 18.2 Å². The standard InChI is InChI=1S/C20H21ClN4O4/c21-17-12-16(25(28)29)6-7-18(17)23-19(26)13-24-10-8-14(9-11-24)20(27)22-15-4-2-1-3-5-15/h1-7,12,14H,8-11,13H2,(H,22,27)(H,23,26). The van der Waals surface area contributed by atoms with E-state index >= 15 is 0 Å². The first-order chi connectivity index (χ1) is 13.9. The molecule has 8 nitrogen and oxygen atoms in total. The first kappa shape index (κ1) is 20.8. The number of nitrogens with one attached hydrogen (secondary N) is 2. The van der Waals surface area contributed by atoms with Crippen molar-refractivity contribution in [2.75, 3.05) is 30.3 Å². The van der Waals surface area contributed by atoms with Gasteiger partial charge in [0.25, 0.3) is 5.69 Å². The van der Waals surface area contributed by atoms with Crippen molar-refractivity contribution in [2.24, 2.45) is 5.92 Å². The van der Waals surface area contributed by atoms with Crippen LogP contribution in [0.5, 0.6) is 0 Å². The maximum Gasteiger partial charge on any atom is 0.271 e. The molecule has 0 aliphatic carbocycles. The molecule has 3 rings (SSSR count). The van der Waals surface area contributed by atoms with Crippen LogP contribution in [-0.4, -0.2) is 41.3 Å². The van der Waals surface area contributed by atoms with Crippen molar-refractivity contribution in [2.45, 2.75) is 12.8 Å². The normalized spacial score (nSPS) is 14.9. The van der Waals surface area contributed by atoms with Crippen LogP contribution in [0.15, 0.2) is 48.5 Å². The highest BCUT2D eigenvalue weighted by atomic mass is 35.5. The molecule has 0 unspecified atom stereocenters. The molecule has 0 aromatic heterocycles. The second-order valence-corrected chi connectivity index (χ2v) is 7.28. The van der Waals surface area contributed by atoms with Crippen molar-refractivity contribution in [3.8, 4) is 0 Å². The predicted molar refractivity (Wildman–Crippen MR) is 111 cm³/mol. The van der Waals surface area contributed by atoms with E-state index in [1.807, 2.05) is 35.2 Å². The number of benzene rings is 2. The van der Waals surface area contributed by atoms with E-state index in [9.17, 15) is 19.7 Å². The fraction of sp³-hybridized carbons (Fsp3) is 0.300. The third-order valence-corrected chi connectivity index (χ3v) is 5.12. The van der Waals surface area contributed by atoms with Crippen LogP contribution in [0.2, 0.25) is 5.02 Å². The lowest BCUT2D eigenvalue weighted by atomic mass is 9.96. The lowest BCUT2D eigenvalue weighted by Crippen LogP contribution is -2.41. The summed E-state index contributed by atoms with van der Waals surface area (Å²) >= 11 is 6.00. The summed E-state index contributed by atoms with van der Waals surface area (Å²) in [6, 6.07) is 13.2. The van der Waals surface area contributed by atoms with Gasteiger partial charge in [0.05, 0.1) is 22.2 Å². The fourth-order valence-corrected chi connectivity index (χ4v) is 3.45. The third-order valence-electron chi connectivity index (χ3n) is 4.80. The van der Waals surface area contributed by atoms with Crippen molar-refractivity contribution in [1.29, 1.82) is 0 Å². The number of para-hydroxylation sites is 1. The maximum atomic E-state index is 12.4. The summed E-state index contributed by atoms with van der Waals surface area (Å²) in [7, 11) is 0. The molecule has 29 heavy (non-hydrogen) atoms. The minimum Gasteiger partial charge on any atom is -0.326 e. The average Bonchev–Trinajstić information content (AvgIpc) is 2.70. The van der Waals surface area contributed by atoms with Crippen LogP contribution in [0.25, 0.3) is 0 Å². The zero-order valence-corrected chi connectivity index (χ0v) is 16.4. The summed E-state index contributed by atoms with van der Waals surface area (Å²) in [5.74, 6) is -0.343. The molecule has 1 aliphatic rings. The molecule has 1 aliphatic heterocycles. The number of amides is 2. The van der Waals surface area contributed by atoms with Crippen LogP contribution in [0, 0.1) is 16.0 Å². The van der Waals surface area contributed by atoms with Crippen molar-refractivity contribution in [3.05, 3.63) is 63.7 Å². The van der Waals surface area contributed by atoms with E-state index in [1.54, 1.807) is 0 Å². The molecule has 0 radical (unpaired) electrons. The van der Waals surface area contributed by atoms with E-state index < -0.39 is 4.92 Å². The van der Waals surface area contributed by atoms with Crippen molar-refractivity contribution >= 4 is 40.5 Å². The number of carbonyl (C=O) groups excluding carboxylic acids is 2. The Morgan fingerprint density at radius 2 is 1.79 bits per heavy atom. The van der Waals surface area contributed by atoms with E-state index in [-0.39, 0.29) is 35.0 Å². The molecule has 0 saturated carbocycles. The monoisotopic (exact) mass is 416 g/mol. The molecular weight excluding hydrogens is 396 g/mol. The Kier molecular flexibility index (Phi) is 6.79. The summed E-state index contributed by atoms with van der Waals surface area (Å²) < 4.78 is 0. The molecule has 1 saturated heterocycles. The number of rotatable bonds is 6. The average molecular weight is 417 g/mol. The van der Waals surface area contributed by atoms with E-state index in [2.05, 4.69) is 10.6 Å². The summed E-state index contributed by atoms with van der Waals surface area (Å²) in [5.41, 5.74) is 0.975. The quantitative estimate of drug-likeness (QED) is 0.553. The number of hydrogen-bond donors (Lipinski definition) is 2. The van der Waals surface area contributed by atoms with Crippen LogP contribution >= 0.6 is 11.6 Å². The lowest BCUT2D eigenvalue weighted by molar-refractivity contribution is -0.384. The lowest BCUT2D eigenvalue weighted by Gasteiger charge is -2.30. The van der Waals surface area contributed by atoms with Crippen LogP contribution in [0.4, 0.5) is 17.1 Å². The van der Waals surface area contributed by atoms with E-state index in [4.69, 9.17) is 11.6 Å². The number of hydrogen-bond acceptors (Lipinski definition) is 5. The molecule has 2 N–H and O–H groups in total. The third kappa shape index (κ3) is 5.75. The first-order valence-corrected chi connectivity index (χ1v) is 9.62. The number of anilines is 2. The zero-order valence-electron chi connectivity index (χ0n) is 15.6. The van der Waals surface area contributed by atoms with Crippen LogP contribution in [0.1, 0.15) is 12.8 Å². The Bertz CT molecular complexity index is 899. The Morgan fingerprint density at radius 3 is 2.41 bits per heavy atom. The van der Waals surface area contributed by atoms with Gasteiger partial charge in [0.15, 0.2) is 0 Å². The number of likely N-dealkylation sites (tertiary alicyclic amines) is 1. The largest absolute Gasteiger partial charge is 0.326 e. The number of halogens is 1. The Hall–Kier alpha value is -2.97. The summed E-state index contributed by atoms with van der Waals surface area (Å²) in [6.45, 7) is 1.43. The van der Waals surface area contributed by atoms with Gasteiger partial charge in [-0.3, -0.25) is 24.6 Å². The topological polar surface area (TPSA) is 105 Å². The van der Waals surface area contributed by atoms with E-state index in [0.29, 0.717) is 31.6 Å². The fourth-order valence-electron chi connectivity index (χ4n) is 3.23.